The van der Waals surface area contributed by atoms with Gasteiger partial charge in [-0.15, -0.1) is 0 Å². The van der Waals surface area contributed by atoms with E-state index in [1.54, 1.807) is 24.1 Å². The number of halogens is 1. The van der Waals surface area contributed by atoms with Gasteiger partial charge in [-0.2, -0.15) is 0 Å². The van der Waals surface area contributed by atoms with E-state index >= 15 is 0 Å². The van der Waals surface area contributed by atoms with Crippen LogP contribution < -0.4 is 20.9 Å². The molecular weight excluding hydrogens is 509 g/mol. The number of rotatable bonds is 11. The third-order valence-electron chi connectivity index (χ3n) is 7.87. The Bertz CT molecular complexity index is 1040. The maximum absolute atomic E-state index is 13.0. The van der Waals surface area contributed by atoms with Crippen molar-refractivity contribution in [2.75, 3.05) is 57.9 Å². The summed E-state index contributed by atoms with van der Waals surface area (Å²) in [5.41, 5.74) is 4.37. The van der Waals surface area contributed by atoms with Crippen molar-refractivity contribution in [2.24, 2.45) is 17.7 Å². The molecular formula is C30H48FN7O2. The summed E-state index contributed by atoms with van der Waals surface area (Å²) in [6, 6.07) is 0. The lowest BCUT2D eigenvalue weighted by Gasteiger charge is -2.29. The van der Waals surface area contributed by atoms with Gasteiger partial charge in [0.25, 0.3) is 0 Å². The van der Waals surface area contributed by atoms with Crippen molar-refractivity contribution in [3.63, 3.8) is 0 Å². The molecule has 3 atom stereocenters. The van der Waals surface area contributed by atoms with Crippen molar-refractivity contribution in [1.82, 2.24) is 25.2 Å². The Labute approximate surface area is 239 Å². The molecule has 0 aromatic carbocycles. The van der Waals surface area contributed by atoms with Crippen molar-refractivity contribution in [3.05, 3.63) is 59.9 Å². The molecule has 1 aromatic heterocycles. The van der Waals surface area contributed by atoms with Crippen LogP contribution in [0.1, 0.15) is 46.5 Å². The van der Waals surface area contributed by atoms with E-state index in [2.05, 4.69) is 50.3 Å². The van der Waals surface area contributed by atoms with Crippen LogP contribution in [0.4, 0.5) is 10.2 Å². The molecule has 4 N–H and O–H groups in total. The number of alkyl halides is 1. The minimum atomic E-state index is -0.853. The first kappa shape index (κ1) is 31.7. The largest absolute Gasteiger partial charge is 0.452 e. The highest BCUT2D eigenvalue weighted by atomic mass is 19.1. The highest BCUT2D eigenvalue weighted by Gasteiger charge is 2.23. The molecule has 10 heteroatoms. The van der Waals surface area contributed by atoms with Gasteiger partial charge in [0.1, 0.15) is 25.0 Å². The Morgan fingerprint density at radius 2 is 2.05 bits per heavy atom. The first-order chi connectivity index (χ1) is 19.4. The summed E-state index contributed by atoms with van der Waals surface area (Å²) in [4.78, 5) is 15.4. The number of hydrazine groups is 1. The first-order valence-electron chi connectivity index (χ1n) is 14.5. The fourth-order valence-electron chi connectivity index (χ4n) is 5.24. The fraction of sp³-hybridized carbons (Fsp3) is 0.600. The molecule has 2 unspecified atom stereocenters. The second-order valence-corrected chi connectivity index (χ2v) is 10.7. The third-order valence-corrected chi connectivity index (χ3v) is 7.87. The zero-order chi connectivity index (χ0) is 28.9. The molecule has 0 saturated carbocycles. The average Bonchev–Trinajstić information content (AvgIpc) is 3.06. The van der Waals surface area contributed by atoms with Gasteiger partial charge in [-0.25, -0.2) is 14.4 Å². The number of aromatic nitrogens is 2. The van der Waals surface area contributed by atoms with Crippen LogP contribution in [0, 0.1) is 11.8 Å². The molecule has 9 nitrogen and oxygen atoms in total. The molecule has 0 bridgehead atoms. The number of anilines is 1. The lowest BCUT2D eigenvalue weighted by molar-refractivity contribution is 0.0544. The lowest BCUT2D eigenvalue weighted by atomic mass is 9.91. The van der Waals surface area contributed by atoms with Gasteiger partial charge in [0, 0.05) is 30.9 Å². The van der Waals surface area contributed by atoms with E-state index in [9.17, 15) is 9.50 Å². The zero-order valence-electron chi connectivity index (χ0n) is 24.6. The van der Waals surface area contributed by atoms with Gasteiger partial charge < -0.3 is 25.1 Å². The molecule has 2 heterocycles. The summed E-state index contributed by atoms with van der Waals surface area (Å²) < 4.78 is 19.3. The summed E-state index contributed by atoms with van der Waals surface area (Å²) in [6.07, 6.45) is 16.0. The number of nitrogens with two attached hydrogens (primary N) is 1. The van der Waals surface area contributed by atoms with Gasteiger partial charge in [-0.3, -0.25) is 10.7 Å². The van der Waals surface area contributed by atoms with E-state index in [0.717, 1.165) is 69.9 Å². The molecule has 1 fully saturated rings. The summed E-state index contributed by atoms with van der Waals surface area (Å²) >= 11 is 0. The number of aliphatic hydroxyl groups is 1. The fourth-order valence-corrected chi connectivity index (χ4v) is 5.24. The molecule has 2 aliphatic rings. The van der Waals surface area contributed by atoms with Gasteiger partial charge in [0.05, 0.1) is 6.20 Å². The Morgan fingerprint density at radius 3 is 2.80 bits per heavy atom. The van der Waals surface area contributed by atoms with Crippen molar-refractivity contribution in [1.29, 1.82) is 0 Å². The van der Waals surface area contributed by atoms with Crippen LogP contribution in [0.25, 0.3) is 0 Å². The van der Waals surface area contributed by atoms with Crippen molar-refractivity contribution >= 4 is 5.82 Å². The Morgan fingerprint density at radius 1 is 1.30 bits per heavy atom. The summed E-state index contributed by atoms with van der Waals surface area (Å²) in [7, 11) is 1.83. The van der Waals surface area contributed by atoms with Crippen LogP contribution >= 0.6 is 0 Å². The number of allylic oxidation sites excluding steroid dienone is 5. The maximum atomic E-state index is 13.0. The number of hydrogen-bond acceptors (Lipinski definition) is 9. The van der Waals surface area contributed by atoms with Crippen LogP contribution in [-0.2, 0) is 0 Å². The number of ether oxygens (including phenoxy) is 1. The summed E-state index contributed by atoms with van der Waals surface area (Å²) in [6.45, 7) is 10.9. The molecule has 222 valence electrons. The molecule has 1 aliphatic carbocycles. The van der Waals surface area contributed by atoms with Crippen molar-refractivity contribution in [2.45, 2.75) is 52.7 Å². The Balaban J connectivity index is 1.72. The minimum Gasteiger partial charge on any atom is -0.452 e. The van der Waals surface area contributed by atoms with E-state index in [1.165, 1.54) is 12.4 Å². The Kier molecular flexibility index (Phi) is 13.1. The highest BCUT2D eigenvalue weighted by molar-refractivity contribution is 5.52. The number of nitrogens with zero attached hydrogens (tertiary/aromatic N) is 5. The van der Waals surface area contributed by atoms with Gasteiger partial charge >= 0.3 is 0 Å². The molecule has 3 rings (SSSR count). The van der Waals surface area contributed by atoms with E-state index in [4.69, 9.17) is 10.6 Å². The number of likely N-dealkylation sites (N-methyl/N-ethyl adjacent to an activating group) is 1. The molecule has 0 radical (unpaired) electrons. The topological polar surface area (TPSA) is 103 Å². The first-order valence-corrected chi connectivity index (χ1v) is 14.5. The van der Waals surface area contributed by atoms with Crippen molar-refractivity contribution in [3.8, 4) is 5.75 Å². The van der Waals surface area contributed by atoms with Crippen LogP contribution in [0.5, 0.6) is 5.75 Å². The Hall–Kier alpha value is -2.79. The summed E-state index contributed by atoms with van der Waals surface area (Å²) in [5, 5.41) is 10.8. The molecule has 1 aromatic rings. The predicted octanol–water partition coefficient (Wildman–Crippen LogP) is 3.78. The third kappa shape index (κ3) is 9.12. The SMILES string of the molecule is CCN(C)[C@H](O)/C(C)=C(/C=C\CF)Oc1cncnc1N1CCCCN(CC2CC=CC(NN)=CC2C)CCC1. The quantitative estimate of drug-likeness (QED) is 0.123. The number of aliphatic hydroxyl groups excluding tert-OH is 1. The van der Waals surface area contributed by atoms with Gasteiger partial charge in [-0.1, -0.05) is 32.1 Å². The van der Waals surface area contributed by atoms with E-state index < -0.39 is 12.9 Å². The van der Waals surface area contributed by atoms with Crippen LogP contribution in [0.3, 0.4) is 0 Å². The molecule has 1 aliphatic heterocycles. The van der Waals surface area contributed by atoms with E-state index in [-0.39, 0.29) is 0 Å². The number of hydrogen-bond donors (Lipinski definition) is 3. The standard InChI is InChI=1S/C30H48FN7O2/c1-5-36(4)30(39)24(3)27(13-9-14-31)40-28-20-33-22-34-29(28)38-17-7-6-15-37(16-10-18-38)21-25-11-8-12-26(35-32)19-23(25)2/h8-9,12-13,19-20,22-23,25,30,35,39H,5-7,10-11,14-18,21,32H2,1-4H3/b13-9-,27-24-/t23?,25?,30-/m1/s1. The highest BCUT2D eigenvalue weighted by Crippen LogP contribution is 2.30. The van der Waals surface area contributed by atoms with Crippen LogP contribution in [0.2, 0.25) is 0 Å². The molecule has 0 amide bonds. The molecule has 0 spiro atoms. The van der Waals surface area contributed by atoms with Crippen molar-refractivity contribution < 1.29 is 14.2 Å². The van der Waals surface area contributed by atoms with Gasteiger partial charge in [0.15, 0.2) is 11.6 Å². The second kappa shape index (κ2) is 16.5. The smallest absolute Gasteiger partial charge is 0.188 e. The normalized spacial score (nSPS) is 22.7. The second-order valence-electron chi connectivity index (χ2n) is 10.7. The predicted molar refractivity (Wildman–Crippen MR) is 159 cm³/mol. The van der Waals surface area contributed by atoms with Gasteiger partial charge in [0.2, 0.25) is 0 Å². The van der Waals surface area contributed by atoms with Crippen LogP contribution in [0.15, 0.2) is 59.9 Å². The summed E-state index contributed by atoms with van der Waals surface area (Å²) in [5.74, 6) is 8.25. The monoisotopic (exact) mass is 557 g/mol. The number of nitrogens with one attached hydrogen (secondary N) is 1. The average molecular weight is 558 g/mol. The van der Waals surface area contributed by atoms with Crippen LogP contribution in [-0.4, -0.2) is 84.1 Å². The zero-order valence-corrected chi connectivity index (χ0v) is 24.6. The minimum absolute atomic E-state index is 0.394. The van der Waals surface area contributed by atoms with E-state index in [1.807, 2.05) is 14.0 Å². The van der Waals surface area contributed by atoms with E-state index in [0.29, 0.717) is 35.5 Å². The maximum Gasteiger partial charge on any atom is 0.188 e. The van der Waals surface area contributed by atoms with Gasteiger partial charge in [-0.05, 0) is 83.3 Å². The lowest BCUT2D eigenvalue weighted by Crippen LogP contribution is -2.34. The molecule has 1 saturated heterocycles. The molecule has 40 heavy (non-hydrogen) atoms.